The van der Waals surface area contributed by atoms with Gasteiger partial charge in [0.25, 0.3) is 0 Å². The maximum absolute atomic E-state index is 8.84. The van der Waals surface area contributed by atoms with Crippen LogP contribution in [-0.2, 0) is 6.42 Å². The minimum absolute atomic E-state index is 0.181. The number of nitrogens with one attached hydrogen (secondary N) is 2. The highest BCUT2D eigenvalue weighted by Crippen LogP contribution is 2.11. The predicted octanol–water partition coefficient (Wildman–Crippen LogP) is 3.67. The number of guanidine groups is 1. The number of unbranched alkanes of at least 4 members (excludes halogenated alkanes) is 3. The number of furan rings is 1. The molecular formula is C21H31N3O2. The van der Waals surface area contributed by atoms with Gasteiger partial charge in [-0.25, -0.2) is 0 Å². The second kappa shape index (κ2) is 12.1. The first-order chi connectivity index (χ1) is 12.8. The van der Waals surface area contributed by atoms with E-state index in [1.54, 1.807) is 6.26 Å². The summed E-state index contributed by atoms with van der Waals surface area (Å²) in [6, 6.07) is 14.4. The molecule has 1 aromatic carbocycles. The van der Waals surface area contributed by atoms with E-state index in [4.69, 9.17) is 14.5 Å². The summed E-state index contributed by atoms with van der Waals surface area (Å²) in [6.07, 6.45) is 6.58. The first-order valence-corrected chi connectivity index (χ1v) is 9.52. The molecule has 0 aliphatic carbocycles. The first kappa shape index (κ1) is 20.0. The lowest BCUT2D eigenvalue weighted by Gasteiger charge is -2.18. The molecule has 1 aromatic heterocycles. The Morgan fingerprint density at radius 1 is 1.08 bits per heavy atom. The molecule has 1 atom stereocenters. The number of nitrogens with zero attached hydrogens (tertiary/aromatic N) is 1. The van der Waals surface area contributed by atoms with Gasteiger partial charge in [0.15, 0.2) is 5.96 Å². The van der Waals surface area contributed by atoms with E-state index < -0.39 is 0 Å². The van der Waals surface area contributed by atoms with Gasteiger partial charge in [-0.15, -0.1) is 0 Å². The lowest BCUT2D eigenvalue weighted by Crippen LogP contribution is -2.39. The maximum atomic E-state index is 8.84. The van der Waals surface area contributed by atoms with Crippen molar-refractivity contribution in [1.29, 1.82) is 0 Å². The number of hydrogen-bond donors (Lipinski definition) is 3. The molecule has 0 spiro atoms. The summed E-state index contributed by atoms with van der Waals surface area (Å²) in [5.74, 6) is 1.80. The van der Waals surface area contributed by atoms with Gasteiger partial charge in [0.1, 0.15) is 5.76 Å². The third-order valence-electron chi connectivity index (χ3n) is 4.23. The Balaban J connectivity index is 1.84. The molecule has 0 saturated carbocycles. The Labute approximate surface area is 156 Å². The van der Waals surface area contributed by atoms with Crippen molar-refractivity contribution < 1.29 is 9.52 Å². The molecule has 0 saturated heterocycles. The van der Waals surface area contributed by atoms with Crippen LogP contribution in [0.1, 0.15) is 50.0 Å². The molecule has 0 aliphatic rings. The molecule has 0 amide bonds. The number of rotatable bonds is 11. The highest BCUT2D eigenvalue weighted by atomic mass is 16.3. The first-order valence-electron chi connectivity index (χ1n) is 9.52. The minimum atomic E-state index is 0.181. The second-order valence-electron chi connectivity index (χ2n) is 6.40. The van der Waals surface area contributed by atoms with Crippen LogP contribution in [0.4, 0.5) is 0 Å². The third-order valence-corrected chi connectivity index (χ3v) is 4.23. The quantitative estimate of drug-likeness (QED) is 0.326. The van der Waals surface area contributed by atoms with E-state index in [1.807, 2.05) is 18.2 Å². The van der Waals surface area contributed by atoms with Crippen molar-refractivity contribution in [3.8, 4) is 0 Å². The SMILES string of the molecule is CC(NC(=NCCCCCCO)NCCc1ccco1)c1ccccc1. The molecule has 1 unspecified atom stereocenters. The molecule has 0 aliphatic heterocycles. The molecule has 0 fully saturated rings. The van der Waals surface area contributed by atoms with Crippen molar-refractivity contribution in [2.24, 2.45) is 4.99 Å². The van der Waals surface area contributed by atoms with Crippen molar-refractivity contribution in [2.45, 2.75) is 45.1 Å². The summed E-state index contributed by atoms with van der Waals surface area (Å²) < 4.78 is 5.38. The predicted molar refractivity (Wildman–Crippen MR) is 106 cm³/mol. The topological polar surface area (TPSA) is 69.8 Å². The van der Waals surface area contributed by atoms with Crippen LogP contribution in [0.2, 0.25) is 0 Å². The van der Waals surface area contributed by atoms with Crippen LogP contribution < -0.4 is 10.6 Å². The van der Waals surface area contributed by atoms with Crippen LogP contribution in [0.5, 0.6) is 0 Å². The average Bonchev–Trinajstić information content (AvgIpc) is 3.18. The molecule has 2 aromatic rings. The van der Waals surface area contributed by atoms with Crippen LogP contribution in [0, 0.1) is 0 Å². The van der Waals surface area contributed by atoms with E-state index in [9.17, 15) is 0 Å². The van der Waals surface area contributed by atoms with Gasteiger partial charge in [-0.05, 0) is 37.5 Å². The zero-order valence-corrected chi connectivity index (χ0v) is 15.7. The maximum Gasteiger partial charge on any atom is 0.191 e. The monoisotopic (exact) mass is 357 g/mol. The van der Waals surface area contributed by atoms with Crippen molar-refractivity contribution in [3.63, 3.8) is 0 Å². The molecule has 5 heteroatoms. The minimum Gasteiger partial charge on any atom is -0.469 e. The Bertz CT molecular complexity index is 611. The largest absolute Gasteiger partial charge is 0.469 e. The fraction of sp³-hybridized carbons (Fsp3) is 0.476. The van der Waals surface area contributed by atoms with E-state index in [0.717, 1.165) is 56.9 Å². The second-order valence-corrected chi connectivity index (χ2v) is 6.40. The fourth-order valence-corrected chi connectivity index (χ4v) is 2.71. The van der Waals surface area contributed by atoms with Crippen molar-refractivity contribution in [3.05, 3.63) is 60.1 Å². The van der Waals surface area contributed by atoms with Gasteiger partial charge < -0.3 is 20.2 Å². The summed E-state index contributed by atoms with van der Waals surface area (Å²) in [4.78, 5) is 4.71. The van der Waals surface area contributed by atoms with Crippen molar-refractivity contribution >= 4 is 5.96 Å². The standard InChI is InChI=1S/C21H31N3O2/c1-18(19-10-5-4-6-11-19)24-21(22-14-7-2-3-8-16-25)23-15-13-20-12-9-17-26-20/h4-6,9-12,17-18,25H,2-3,7-8,13-16H2,1H3,(H2,22,23,24). The van der Waals surface area contributed by atoms with E-state index in [2.05, 4.69) is 41.8 Å². The van der Waals surface area contributed by atoms with Gasteiger partial charge in [-0.2, -0.15) is 0 Å². The molecule has 142 valence electrons. The van der Waals surface area contributed by atoms with E-state index in [-0.39, 0.29) is 12.6 Å². The zero-order chi connectivity index (χ0) is 18.5. The zero-order valence-electron chi connectivity index (χ0n) is 15.7. The van der Waals surface area contributed by atoms with Crippen LogP contribution in [0.3, 0.4) is 0 Å². The number of aliphatic imine (C=N–C) groups is 1. The van der Waals surface area contributed by atoms with Gasteiger partial charge in [-0.1, -0.05) is 43.2 Å². The number of aliphatic hydroxyl groups is 1. The Hall–Kier alpha value is -2.27. The van der Waals surface area contributed by atoms with Crippen LogP contribution in [-0.4, -0.2) is 30.8 Å². The van der Waals surface area contributed by atoms with Crippen LogP contribution >= 0.6 is 0 Å². The van der Waals surface area contributed by atoms with E-state index >= 15 is 0 Å². The Morgan fingerprint density at radius 3 is 2.62 bits per heavy atom. The molecule has 5 nitrogen and oxygen atoms in total. The summed E-state index contributed by atoms with van der Waals surface area (Å²) in [5.41, 5.74) is 1.23. The molecule has 0 radical (unpaired) electrons. The summed E-state index contributed by atoms with van der Waals surface area (Å²) in [7, 11) is 0. The summed E-state index contributed by atoms with van der Waals surface area (Å²) >= 11 is 0. The molecular weight excluding hydrogens is 326 g/mol. The van der Waals surface area contributed by atoms with Gasteiger partial charge in [0.05, 0.1) is 12.3 Å². The summed E-state index contributed by atoms with van der Waals surface area (Å²) in [6.45, 7) is 3.97. The van der Waals surface area contributed by atoms with Crippen LogP contribution in [0.25, 0.3) is 0 Å². The fourth-order valence-electron chi connectivity index (χ4n) is 2.71. The number of hydrogen-bond acceptors (Lipinski definition) is 3. The smallest absolute Gasteiger partial charge is 0.191 e. The van der Waals surface area contributed by atoms with Crippen molar-refractivity contribution in [1.82, 2.24) is 10.6 Å². The van der Waals surface area contributed by atoms with Gasteiger partial charge in [0.2, 0.25) is 0 Å². The molecule has 26 heavy (non-hydrogen) atoms. The van der Waals surface area contributed by atoms with Gasteiger partial charge in [0, 0.05) is 26.1 Å². The molecule has 1 heterocycles. The van der Waals surface area contributed by atoms with Gasteiger partial charge in [-0.3, -0.25) is 4.99 Å². The highest BCUT2D eigenvalue weighted by Gasteiger charge is 2.07. The molecule has 0 bridgehead atoms. The average molecular weight is 357 g/mol. The molecule has 3 N–H and O–H groups in total. The Morgan fingerprint density at radius 2 is 1.88 bits per heavy atom. The normalized spacial score (nSPS) is 12.8. The number of benzene rings is 1. The van der Waals surface area contributed by atoms with E-state index in [1.165, 1.54) is 5.56 Å². The highest BCUT2D eigenvalue weighted by molar-refractivity contribution is 5.80. The third kappa shape index (κ3) is 7.74. The lowest BCUT2D eigenvalue weighted by molar-refractivity contribution is 0.282. The lowest BCUT2D eigenvalue weighted by atomic mass is 10.1. The van der Waals surface area contributed by atoms with Crippen molar-refractivity contribution in [2.75, 3.05) is 19.7 Å². The Kier molecular flexibility index (Phi) is 9.36. The number of aliphatic hydroxyl groups excluding tert-OH is 1. The summed E-state index contributed by atoms with van der Waals surface area (Å²) in [5, 5.41) is 15.7. The molecule has 2 rings (SSSR count). The van der Waals surface area contributed by atoms with E-state index in [0.29, 0.717) is 0 Å². The van der Waals surface area contributed by atoms with Crippen LogP contribution in [0.15, 0.2) is 58.1 Å². The van der Waals surface area contributed by atoms with Gasteiger partial charge >= 0.3 is 0 Å².